The molecule has 2 aromatic rings. The van der Waals surface area contributed by atoms with Gasteiger partial charge in [-0.2, -0.15) is 23.5 Å². The van der Waals surface area contributed by atoms with Crippen LogP contribution in [-0.2, 0) is 11.5 Å². The number of rotatable bonds is 10. The van der Waals surface area contributed by atoms with Gasteiger partial charge in [0.25, 0.3) is 0 Å². The van der Waals surface area contributed by atoms with E-state index in [0.29, 0.717) is 39.6 Å². The first-order valence-corrected chi connectivity index (χ1v) is 11.8. The minimum absolute atomic E-state index is 0.332. The third-order valence-electron chi connectivity index (χ3n) is 3.81. The molecule has 0 aliphatic heterocycles. The average molecular weight is 458 g/mol. The lowest BCUT2D eigenvalue weighted by atomic mass is 10.4. The van der Waals surface area contributed by atoms with Crippen molar-refractivity contribution in [2.75, 3.05) is 13.1 Å². The van der Waals surface area contributed by atoms with E-state index in [2.05, 4.69) is 34.4 Å². The molecule has 0 saturated heterocycles. The lowest BCUT2D eigenvalue weighted by Crippen LogP contribution is -2.41. The van der Waals surface area contributed by atoms with Crippen LogP contribution in [-0.4, -0.2) is 39.5 Å². The number of thioether (sulfide) groups is 2. The van der Waals surface area contributed by atoms with Gasteiger partial charge in [0.2, 0.25) is 0 Å². The molecule has 28 heavy (non-hydrogen) atoms. The highest BCUT2D eigenvalue weighted by Gasteiger charge is 2.09. The van der Waals surface area contributed by atoms with Crippen molar-refractivity contribution in [1.82, 2.24) is 20.6 Å². The van der Waals surface area contributed by atoms with Crippen LogP contribution in [0.3, 0.4) is 0 Å². The maximum Gasteiger partial charge on any atom is 0.188 e. The lowest BCUT2D eigenvalue weighted by Gasteiger charge is -2.17. The Balaban J connectivity index is 1.60. The van der Waals surface area contributed by atoms with Crippen molar-refractivity contribution in [2.45, 2.75) is 35.9 Å². The topological polar surface area (TPSA) is 73.7 Å². The molecule has 0 aromatic carbocycles. The Hall–Kier alpha value is -1.15. The van der Waals surface area contributed by atoms with Gasteiger partial charge in [0.15, 0.2) is 5.96 Å². The van der Waals surface area contributed by atoms with Crippen molar-refractivity contribution in [3.8, 4) is 0 Å². The summed E-state index contributed by atoms with van der Waals surface area (Å²) in [6, 6.07) is 7.37. The lowest BCUT2D eigenvalue weighted by molar-refractivity contribution is 0.773. The van der Waals surface area contributed by atoms with Crippen LogP contribution in [0.1, 0.15) is 25.2 Å². The summed E-state index contributed by atoms with van der Waals surface area (Å²) in [4.78, 5) is 8.59. The van der Waals surface area contributed by atoms with Gasteiger partial charge in [0, 0.05) is 47.5 Å². The number of hydrogen-bond acceptors (Lipinski definition) is 5. The molecule has 3 N–H and O–H groups in total. The van der Waals surface area contributed by atoms with Gasteiger partial charge in [0.1, 0.15) is 0 Å². The quantitative estimate of drug-likeness (QED) is 0.350. The molecule has 152 valence electrons. The molecule has 0 bridgehead atoms. The second-order valence-corrected chi connectivity index (χ2v) is 9.91. The molecule has 2 unspecified atom stereocenters. The molecule has 9 heteroatoms. The zero-order valence-corrected chi connectivity index (χ0v) is 19.1. The zero-order valence-electron chi connectivity index (χ0n) is 15.9. The third kappa shape index (κ3) is 8.47. The van der Waals surface area contributed by atoms with E-state index in [9.17, 15) is 0 Å². The predicted octanol–water partition coefficient (Wildman–Crippen LogP) is 4.84. The van der Waals surface area contributed by atoms with E-state index in [-0.39, 0.29) is 0 Å². The predicted molar refractivity (Wildman–Crippen MR) is 124 cm³/mol. The summed E-state index contributed by atoms with van der Waals surface area (Å²) < 4.78 is 0. The molecule has 2 heterocycles. The van der Waals surface area contributed by atoms with E-state index in [1.807, 2.05) is 24.3 Å². The van der Waals surface area contributed by atoms with Crippen LogP contribution < -0.4 is 10.6 Å². The number of nitrogens with zero attached hydrogens (tertiary/aromatic N) is 2. The minimum atomic E-state index is 0.332. The van der Waals surface area contributed by atoms with E-state index in [4.69, 9.17) is 28.6 Å². The molecule has 0 aliphatic carbocycles. The van der Waals surface area contributed by atoms with Crippen LogP contribution in [0.2, 0.25) is 10.0 Å². The smallest absolute Gasteiger partial charge is 0.188 e. The second-order valence-electron chi connectivity index (χ2n) is 6.24. The van der Waals surface area contributed by atoms with Crippen LogP contribution in [0, 0.1) is 5.41 Å². The van der Waals surface area contributed by atoms with Crippen LogP contribution in [0.5, 0.6) is 0 Å². The fourth-order valence-corrected chi connectivity index (χ4v) is 4.45. The molecule has 0 saturated carbocycles. The highest BCUT2D eigenvalue weighted by atomic mass is 35.5. The zero-order chi connectivity index (χ0) is 20.4. The first-order chi connectivity index (χ1) is 13.5. The Labute approximate surface area is 185 Å². The maximum atomic E-state index is 8.03. The second kappa shape index (κ2) is 12.4. The Bertz CT molecular complexity index is 701. The molecule has 2 rings (SSSR count). The molecule has 5 nitrogen and oxygen atoms in total. The van der Waals surface area contributed by atoms with Gasteiger partial charge < -0.3 is 10.6 Å². The van der Waals surface area contributed by atoms with Crippen LogP contribution >= 0.6 is 46.7 Å². The molecular weight excluding hydrogens is 433 g/mol. The number of guanidine groups is 1. The number of pyridine rings is 2. The Morgan fingerprint density at radius 3 is 1.75 bits per heavy atom. The van der Waals surface area contributed by atoms with Gasteiger partial charge in [-0.05, 0) is 24.3 Å². The molecule has 0 spiro atoms. The summed E-state index contributed by atoms with van der Waals surface area (Å²) in [5.74, 6) is 1.85. The van der Waals surface area contributed by atoms with Gasteiger partial charge >= 0.3 is 0 Å². The van der Waals surface area contributed by atoms with E-state index >= 15 is 0 Å². The fraction of sp³-hybridized carbons (Fsp3) is 0.421. The summed E-state index contributed by atoms with van der Waals surface area (Å²) in [6.45, 7) is 5.64. The van der Waals surface area contributed by atoms with Crippen molar-refractivity contribution in [3.05, 3.63) is 58.1 Å². The fourth-order valence-electron chi connectivity index (χ4n) is 2.16. The molecule has 0 fully saturated rings. The SMILES string of the molecule is CC(CNC(=N)NCC(C)SCc1ncccc1Cl)SCc1ncccc1Cl. The molecule has 0 amide bonds. The van der Waals surface area contributed by atoms with E-state index < -0.39 is 0 Å². The summed E-state index contributed by atoms with van der Waals surface area (Å²) in [7, 11) is 0. The Kier molecular flexibility index (Phi) is 10.3. The molecule has 2 atom stereocenters. The number of halogens is 2. The van der Waals surface area contributed by atoms with Gasteiger partial charge in [0.05, 0.1) is 21.4 Å². The first-order valence-electron chi connectivity index (χ1n) is 8.94. The Morgan fingerprint density at radius 1 is 0.929 bits per heavy atom. The molecular formula is C19H25Cl2N5S2. The normalized spacial score (nSPS) is 13.0. The van der Waals surface area contributed by atoms with E-state index in [0.717, 1.165) is 22.9 Å². The summed E-state index contributed by atoms with van der Waals surface area (Å²) >= 11 is 15.8. The Morgan fingerprint density at radius 2 is 1.36 bits per heavy atom. The minimum Gasteiger partial charge on any atom is -0.355 e. The van der Waals surface area contributed by atoms with Gasteiger partial charge in [-0.25, -0.2) is 0 Å². The summed E-state index contributed by atoms with van der Waals surface area (Å²) in [5.41, 5.74) is 1.79. The van der Waals surface area contributed by atoms with Crippen LogP contribution in [0.15, 0.2) is 36.7 Å². The largest absolute Gasteiger partial charge is 0.355 e. The van der Waals surface area contributed by atoms with E-state index in [1.54, 1.807) is 35.9 Å². The van der Waals surface area contributed by atoms with E-state index in [1.165, 1.54) is 0 Å². The monoisotopic (exact) mass is 457 g/mol. The highest BCUT2D eigenvalue weighted by molar-refractivity contribution is 7.99. The molecule has 0 aliphatic rings. The summed E-state index contributed by atoms with van der Waals surface area (Å²) in [5, 5.41) is 16.3. The first kappa shape index (κ1) is 23.1. The molecule has 2 aromatic heterocycles. The van der Waals surface area contributed by atoms with Crippen molar-refractivity contribution < 1.29 is 0 Å². The van der Waals surface area contributed by atoms with Gasteiger partial charge in [-0.1, -0.05) is 37.0 Å². The van der Waals surface area contributed by atoms with Crippen molar-refractivity contribution in [2.24, 2.45) is 0 Å². The van der Waals surface area contributed by atoms with Crippen molar-refractivity contribution in [1.29, 1.82) is 5.41 Å². The van der Waals surface area contributed by atoms with Crippen molar-refractivity contribution in [3.63, 3.8) is 0 Å². The van der Waals surface area contributed by atoms with Crippen LogP contribution in [0.4, 0.5) is 0 Å². The summed E-state index contributed by atoms with van der Waals surface area (Å²) in [6.07, 6.45) is 3.51. The van der Waals surface area contributed by atoms with Crippen LogP contribution in [0.25, 0.3) is 0 Å². The average Bonchev–Trinajstić information content (AvgIpc) is 2.69. The maximum absolute atomic E-state index is 8.03. The van der Waals surface area contributed by atoms with Gasteiger partial charge in [-0.3, -0.25) is 15.4 Å². The third-order valence-corrected chi connectivity index (χ3v) is 6.85. The highest BCUT2D eigenvalue weighted by Crippen LogP contribution is 2.22. The number of nitrogens with one attached hydrogen (secondary N) is 3. The van der Waals surface area contributed by atoms with Crippen molar-refractivity contribution >= 4 is 52.7 Å². The number of hydrogen-bond donors (Lipinski definition) is 3. The number of aromatic nitrogens is 2. The standard InChI is InChI=1S/C19H25Cl2N5S2/c1-13(27-11-17-15(20)5-3-7-23-17)9-25-19(22)26-10-14(2)28-12-18-16(21)6-4-8-24-18/h3-8,13-14H,9-12H2,1-2H3,(H3,22,25,26). The molecule has 0 radical (unpaired) electrons. The van der Waals surface area contributed by atoms with Gasteiger partial charge in [-0.15, -0.1) is 0 Å².